The molecule has 0 atom stereocenters. The number of hydrogen-bond donors (Lipinski definition) is 0. The fourth-order valence-electron chi connectivity index (χ4n) is 2.23. The van der Waals surface area contributed by atoms with Crippen LogP contribution in [0.1, 0.15) is 39.5 Å². The minimum atomic E-state index is -1.62. The maximum atomic E-state index is 6.01. The predicted octanol–water partition coefficient (Wildman–Crippen LogP) is 4.21. The molecule has 1 saturated carbocycles. The summed E-state index contributed by atoms with van der Waals surface area (Å²) in [6.07, 6.45) is 5.34. The van der Waals surface area contributed by atoms with Crippen LogP contribution in [0.15, 0.2) is 23.4 Å². The van der Waals surface area contributed by atoms with Gasteiger partial charge in [-0.25, -0.2) is 0 Å². The van der Waals surface area contributed by atoms with E-state index in [0.29, 0.717) is 6.10 Å². The summed E-state index contributed by atoms with van der Waals surface area (Å²) in [5.41, 5.74) is 5.21. The molecule has 0 aliphatic heterocycles. The molecule has 2 heteroatoms. The van der Waals surface area contributed by atoms with E-state index in [2.05, 4.69) is 39.2 Å². The first-order valence-corrected chi connectivity index (χ1v) is 8.97. The van der Waals surface area contributed by atoms with E-state index in [1.807, 2.05) is 0 Å². The van der Waals surface area contributed by atoms with Gasteiger partial charge in [0.2, 0.25) is 8.32 Å². The van der Waals surface area contributed by atoms with Crippen molar-refractivity contribution in [1.29, 1.82) is 0 Å². The second kappa shape index (κ2) is 5.13. The molecule has 0 radical (unpaired) electrons. The Kier molecular flexibility index (Phi) is 4.35. The van der Waals surface area contributed by atoms with Gasteiger partial charge < -0.3 is 4.43 Å². The van der Waals surface area contributed by atoms with E-state index < -0.39 is 8.32 Å². The van der Waals surface area contributed by atoms with Crippen LogP contribution in [0.3, 0.4) is 0 Å². The Bertz CT molecular complexity index is 264. The van der Waals surface area contributed by atoms with Crippen molar-refractivity contribution in [3.63, 3.8) is 0 Å². The van der Waals surface area contributed by atoms with Crippen molar-refractivity contribution in [3.05, 3.63) is 23.4 Å². The van der Waals surface area contributed by atoms with Crippen molar-refractivity contribution in [2.75, 3.05) is 0 Å². The maximum Gasteiger partial charge on any atom is 0.211 e. The molecule has 1 aliphatic rings. The standard InChI is InChI=1S/C13H24OSi/c1-11(2)14-15(4,5)10-13-9-7-6-8-12(13)3/h10-11H,3,6-9H2,1-2,4-5H3/b13-10-. The first-order chi connectivity index (χ1) is 6.91. The first kappa shape index (κ1) is 12.7. The molecular formula is C13H24OSi. The van der Waals surface area contributed by atoms with E-state index in [0.717, 1.165) is 0 Å². The molecule has 0 unspecified atom stereocenters. The Morgan fingerprint density at radius 3 is 2.40 bits per heavy atom. The van der Waals surface area contributed by atoms with Crippen LogP contribution in [0.25, 0.3) is 0 Å². The van der Waals surface area contributed by atoms with Crippen LogP contribution in [0.4, 0.5) is 0 Å². The highest BCUT2D eigenvalue weighted by Gasteiger charge is 2.23. The Morgan fingerprint density at radius 1 is 1.27 bits per heavy atom. The summed E-state index contributed by atoms with van der Waals surface area (Å²) in [7, 11) is -1.62. The molecule has 0 saturated heterocycles. The topological polar surface area (TPSA) is 9.23 Å². The molecule has 86 valence electrons. The molecule has 0 aromatic rings. The van der Waals surface area contributed by atoms with Crippen molar-refractivity contribution in [3.8, 4) is 0 Å². The van der Waals surface area contributed by atoms with Gasteiger partial charge >= 0.3 is 0 Å². The van der Waals surface area contributed by atoms with Crippen molar-refractivity contribution in [2.24, 2.45) is 0 Å². The molecule has 0 aromatic carbocycles. The van der Waals surface area contributed by atoms with Crippen molar-refractivity contribution in [1.82, 2.24) is 0 Å². The normalized spacial score (nSPS) is 21.4. The van der Waals surface area contributed by atoms with Gasteiger partial charge in [0, 0.05) is 6.10 Å². The molecule has 0 aromatic heterocycles. The molecule has 1 rings (SSSR count). The van der Waals surface area contributed by atoms with Gasteiger partial charge in [-0.15, -0.1) is 0 Å². The van der Waals surface area contributed by atoms with Crippen LogP contribution < -0.4 is 0 Å². The summed E-state index contributed by atoms with van der Waals surface area (Å²) >= 11 is 0. The van der Waals surface area contributed by atoms with Gasteiger partial charge in [-0.3, -0.25) is 0 Å². The summed E-state index contributed by atoms with van der Waals surface area (Å²) in [6.45, 7) is 12.9. The Morgan fingerprint density at radius 2 is 1.87 bits per heavy atom. The fraction of sp³-hybridized carbons (Fsp3) is 0.692. The highest BCUT2D eigenvalue weighted by atomic mass is 28.4. The van der Waals surface area contributed by atoms with E-state index >= 15 is 0 Å². The van der Waals surface area contributed by atoms with Crippen LogP contribution in [0, 0.1) is 0 Å². The monoisotopic (exact) mass is 224 g/mol. The third-order valence-electron chi connectivity index (χ3n) is 2.69. The highest BCUT2D eigenvalue weighted by Crippen LogP contribution is 2.29. The van der Waals surface area contributed by atoms with Gasteiger partial charge in [-0.2, -0.15) is 0 Å². The van der Waals surface area contributed by atoms with Gasteiger partial charge in [0.25, 0.3) is 0 Å². The maximum absolute atomic E-state index is 6.01. The number of rotatable bonds is 3. The number of allylic oxidation sites excluding steroid dienone is 2. The fourth-order valence-corrected chi connectivity index (χ4v) is 4.70. The zero-order valence-corrected chi connectivity index (χ0v) is 11.6. The Labute approximate surface area is 95.4 Å². The lowest BCUT2D eigenvalue weighted by Gasteiger charge is -2.25. The first-order valence-electron chi connectivity index (χ1n) is 5.98. The third kappa shape index (κ3) is 4.35. The summed E-state index contributed by atoms with van der Waals surface area (Å²) in [4.78, 5) is 0. The molecule has 15 heavy (non-hydrogen) atoms. The van der Waals surface area contributed by atoms with Gasteiger partial charge in [0.05, 0.1) is 0 Å². The van der Waals surface area contributed by atoms with Gasteiger partial charge in [-0.1, -0.05) is 23.4 Å². The summed E-state index contributed by atoms with van der Waals surface area (Å²) in [5, 5.41) is 0. The second-order valence-corrected chi connectivity index (χ2v) is 8.98. The lowest BCUT2D eigenvalue weighted by Crippen LogP contribution is -2.32. The van der Waals surface area contributed by atoms with E-state index in [9.17, 15) is 0 Å². The van der Waals surface area contributed by atoms with Crippen LogP contribution in [0.2, 0.25) is 13.1 Å². The molecule has 1 nitrogen and oxygen atoms in total. The Balaban J connectivity index is 2.70. The molecule has 0 amide bonds. The highest BCUT2D eigenvalue weighted by molar-refractivity contribution is 6.76. The summed E-state index contributed by atoms with van der Waals surface area (Å²) in [5.74, 6) is 0. The second-order valence-electron chi connectivity index (χ2n) is 5.25. The lowest BCUT2D eigenvalue weighted by atomic mass is 9.92. The van der Waals surface area contributed by atoms with Crippen molar-refractivity contribution < 1.29 is 4.43 Å². The third-order valence-corrected chi connectivity index (χ3v) is 4.81. The summed E-state index contributed by atoms with van der Waals surface area (Å²) < 4.78 is 6.01. The Hall–Kier alpha value is -0.343. The van der Waals surface area contributed by atoms with Crippen molar-refractivity contribution >= 4 is 8.32 Å². The molecule has 0 N–H and O–H groups in total. The van der Waals surface area contributed by atoms with Gasteiger partial charge in [0.15, 0.2) is 0 Å². The molecule has 0 bridgehead atoms. The SMILES string of the molecule is C=C1CCCC/C1=C/[Si](C)(C)OC(C)C. The van der Waals surface area contributed by atoms with E-state index in [4.69, 9.17) is 4.43 Å². The number of hydrogen-bond acceptors (Lipinski definition) is 1. The minimum Gasteiger partial charge on any atom is -0.411 e. The van der Waals surface area contributed by atoms with Gasteiger partial charge in [-0.05, 0) is 52.6 Å². The minimum absolute atomic E-state index is 0.334. The zero-order valence-electron chi connectivity index (χ0n) is 10.6. The average Bonchev–Trinajstić information content (AvgIpc) is 2.06. The van der Waals surface area contributed by atoms with Crippen LogP contribution in [-0.2, 0) is 4.43 Å². The molecule has 0 heterocycles. The largest absolute Gasteiger partial charge is 0.411 e. The quantitative estimate of drug-likeness (QED) is 0.652. The zero-order chi connectivity index (χ0) is 11.5. The smallest absolute Gasteiger partial charge is 0.211 e. The molecular weight excluding hydrogens is 200 g/mol. The van der Waals surface area contributed by atoms with Crippen LogP contribution >= 0.6 is 0 Å². The molecule has 1 aliphatic carbocycles. The predicted molar refractivity (Wildman–Crippen MR) is 69.4 cm³/mol. The van der Waals surface area contributed by atoms with Crippen LogP contribution in [-0.4, -0.2) is 14.4 Å². The summed E-state index contributed by atoms with van der Waals surface area (Å²) in [6, 6.07) is 0. The molecule has 1 fully saturated rings. The van der Waals surface area contributed by atoms with Crippen LogP contribution in [0.5, 0.6) is 0 Å². The van der Waals surface area contributed by atoms with Crippen molar-refractivity contribution in [2.45, 2.75) is 58.7 Å². The van der Waals surface area contributed by atoms with E-state index in [-0.39, 0.29) is 0 Å². The lowest BCUT2D eigenvalue weighted by molar-refractivity contribution is 0.237. The van der Waals surface area contributed by atoms with Gasteiger partial charge in [0.1, 0.15) is 0 Å². The average molecular weight is 224 g/mol. The van der Waals surface area contributed by atoms with E-state index in [1.54, 1.807) is 0 Å². The molecule has 0 spiro atoms. The van der Waals surface area contributed by atoms with E-state index in [1.165, 1.54) is 36.8 Å².